The van der Waals surface area contributed by atoms with Crippen LogP contribution in [-0.2, 0) is 28.7 Å². The first-order valence-electron chi connectivity index (χ1n) is 13.9. The zero-order valence-corrected chi connectivity index (χ0v) is 23.8. The first-order chi connectivity index (χ1) is 16.6. The summed E-state index contributed by atoms with van der Waals surface area (Å²) in [5.41, 5.74) is -1.70. The van der Waals surface area contributed by atoms with Crippen molar-refractivity contribution in [3.05, 3.63) is 0 Å². The second kappa shape index (κ2) is 10.2. The molecular formula is C30H48O6. The number of hydrogen-bond acceptors (Lipinski definition) is 6. The van der Waals surface area contributed by atoms with E-state index >= 15 is 0 Å². The second-order valence-electron chi connectivity index (χ2n) is 13.3. The van der Waals surface area contributed by atoms with Gasteiger partial charge in [-0.15, -0.1) is 0 Å². The molecule has 204 valence electrons. The largest absolute Gasteiger partial charge is 0.469 e. The highest BCUT2D eigenvalue weighted by Gasteiger charge is 2.61. The van der Waals surface area contributed by atoms with Gasteiger partial charge in [-0.05, 0) is 68.1 Å². The number of ketones is 2. The van der Waals surface area contributed by atoms with Crippen LogP contribution in [0.25, 0.3) is 0 Å². The highest BCUT2D eigenvalue weighted by atomic mass is 16.5. The molecule has 3 aliphatic rings. The summed E-state index contributed by atoms with van der Waals surface area (Å²) in [7, 11) is 1.42. The van der Waals surface area contributed by atoms with Gasteiger partial charge in [0, 0.05) is 42.4 Å². The fourth-order valence-electron chi connectivity index (χ4n) is 8.61. The number of rotatable bonds is 5. The molecule has 3 aliphatic carbocycles. The molecule has 0 amide bonds. The van der Waals surface area contributed by atoms with Crippen molar-refractivity contribution in [1.29, 1.82) is 0 Å². The van der Waals surface area contributed by atoms with E-state index in [2.05, 4.69) is 41.5 Å². The molecule has 3 saturated carbocycles. The van der Waals surface area contributed by atoms with Crippen molar-refractivity contribution in [2.75, 3.05) is 7.11 Å². The number of carbonyl (C=O) groups excluding carboxylic acids is 4. The van der Waals surface area contributed by atoms with Crippen LogP contribution in [0.1, 0.15) is 113 Å². The maximum atomic E-state index is 14.0. The summed E-state index contributed by atoms with van der Waals surface area (Å²) in [5.74, 6) is 0.619. The van der Waals surface area contributed by atoms with E-state index in [0.717, 1.165) is 19.3 Å². The minimum Gasteiger partial charge on any atom is -0.469 e. The second-order valence-corrected chi connectivity index (χ2v) is 13.3. The zero-order valence-electron chi connectivity index (χ0n) is 23.8. The molecule has 0 radical (unpaired) electrons. The van der Waals surface area contributed by atoms with Gasteiger partial charge in [0.2, 0.25) is 0 Å². The van der Waals surface area contributed by atoms with Gasteiger partial charge in [-0.25, -0.2) is 0 Å². The molecular weight excluding hydrogens is 456 g/mol. The molecule has 3 fully saturated rings. The van der Waals surface area contributed by atoms with E-state index < -0.39 is 16.2 Å². The zero-order chi connectivity index (χ0) is 27.1. The Kier molecular flexibility index (Phi) is 8.18. The topological polar surface area (TPSA) is 86.7 Å². The van der Waals surface area contributed by atoms with Crippen molar-refractivity contribution in [1.82, 2.24) is 0 Å². The summed E-state index contributed by atoms with van der Waals surface area (Å²) >= 11 is 0. The van der Waals surface area contributed by atoms with Crippen LogP contribution in [0.2, 0.25) is 0 Å². The number of ether oxygens (including phenoxy) is 2. The molecule has 3 rings (SSSR count). The minimum atomic E-state index is -0.533. The highest BCUT2D eigenvalue weighted by Crippen LogP contribution is 2.64. The predicted octanol–water partition coefficient (Wildman–Crippen LogP) is 6.08. The average Bonchev–Trinajstić information content (AvgIpc) is 3.08. The van der Waals surface area contributed by atoms with Crippen LogP contribution < -0.4 is 0 Å². The number of hydrogen-bond donors (Lipinski definition) is 0. The van der Waals surface area contributed by atoms with Crippen molar-refractivity contribution in [2.24, 2.45) is 39.4 Å². The minimum absolute atomic E-state index is 0.0244. The van der Waals surface area contributed by atoms with E-state index in [-0.39, 0.29) is 47.0 Å². The van der Waals surface area contributed by atoms with Crippen molar-refractivity contribution < 1.29 is 28.7 Å². The van der Waals surface area contributed by atoms with Crippen LogP contribution >= 0.6 is 0 Å². The normalized spacial score (nSPS) is 39.5. The molecule has 0 N–H and O–H groups in total. The SMILES string of the molecule is COC(=O)CCC(C)C1CCC2(C)C(=O)CCC3C(C)(CCC(OC(C)=O)C3(C)C)C(=O)CCC12C. The monoisotopic (exact) mass is 504 g/mol. The maximum Gasteiger partial charge on any atom is 0.305 e. The van der Waals surface area contributed by atoms with Gasteiger partial charge in [0.25, 0.3) is 0 Å². The Balaban J connectivity index is 1.92. The van der Waals surface area contributed by atoms with Gasteiger partial charge >= 0.3 is 11.9 Å². The molecule has 6 heteroatoms. The Morgan fingerprint density at radius 2 is 1.61 bits per heavy atom. The maximum absolute atomic E-state index is 14.0. The van der Waals surface area contributed by atoms with E-state index in [9.17, 15) is 19.2 Å². The van der Waals surface area contributed by atoms with Gasteiger partial charge in [0.05, 0.1) is 7.11 Å². The lowest BCUT2D eigenvalue weighted by atomic mass is 9.50. The van der Waals surface area contributed by atoms with Crippen LogP contribution in [0.3, 0.4) is 0 Å². The third-order valence-corrected chi connectivity index (χ3v) is 11.3. The lowest BCUT2D eigenvalue weighted by Gasteiger charge is -2.55. The van der Waals surface area contributed by atoms with Gasteiger partial charge < -0.3 is 9.47 Å². The fourth-order valence-corrected chi connectivity index (χ4v) is 8.61. The van der Waals surface area contributed by atoms with E-state index in [1.165, 1.54) is 14.0 Å². The van der Waals surface area contributed by atoms with Gasteiger partial charge in [-0.3, -0.25) is 19.2 Å². The number of Topliss-reactive ketones (excluding diaryl/α,β-unsaturated/α-hetero) is 2. The van der Waals surface area contributed by atoms with E-state index in [0.29, 0.717) is 50.7 Å². The smallest absolute Gasteiger partial charge is 0.305 e. The molecule has 0 heterocycles. The van der Waals surface area contributed by atoms with Crippen LogP contribution in [0, 0.1) is 39.4 Å². The standard InChI is InChI=1S/C30H48O6/c1-19(9-12-26(34)35-8)21-13-17-30(7)24(33)11-10-22-27(3,4)25(36-20(2)31)15-16-28(22,5)23(32)14-18-29(21,30)6/h19,21-22,25H,9-18H2,1-8H3. The third-order valence-electron chi connectivity index (χ3n) is 11.3. The van der Waals surface area contributed by atoms with Crippen LogP contribution in [-0.4, -0.2) is 36.7 Å². The predicted molar refractivity (Wildman–Crippen MR) is 138 cm³/mol. The van der Waals surface area contributed by atoms with Gasteiger partial charge in [0.15, 0.2) is 0 Å². The van der Waals surface area contributed by atoms with Crippen LogP contribution in [0.4, 0.5) is 0 Å². The van der Waals surface area contributed by atoms with Crippen molar-refractivity contribution in [3.8, 4) is 0 Å². The fraction of sp³-hybridized carbons (Fsp3) is 0.867. The van der Waals surface area contributed by atoms with Gasteiger partial charge in [-0.1, -0.05) is 41.5 Å². The van der Waals surface area contributed by atoms with Gasteiger partial charge in [0.1, 0.15) is 17.7 Å². The van der Waals surface area contributed by atoms with Crippen LogP contribution in [0.15, 0.2) is 0 Å². The summed E-state index contributed by atoms with van der Waals surface area (Å²) in [6.45, 7) is 14.3. The molecule has 7 unspecified atom stereocenters. The summed E-state index contributed by atoms with van der Waals surface area (Å²) in [4.78, 5) is 51.6. The first-order valence-corrected chi connectivity index (χ1v) is 13.9. The number of esters is 2. The Hall–Kier alpha value is -1.72. The molecule has 7 atom stereocenters. The Morgan fingerprint density at radius 1 is 0.944 bits per heavy atom. The summed E-state index contributed by atoms with van der Waals surface area (Å²) < 4.78 is 10.6. The van der Waals surface area contributed by atoms with E-state index in [1.807, 2.05) is 0 Å². The lowest BCUT2D eigenvalue weighted by Crippen LogP contribution is -2.55. The highest BCUT2D eigenvalue weighted by molar-refractivity contribution is 5.88. The summed E-state index contributed by atoms with van der Waals surface area (Å²) in [6.07, 6.45) is 6.22. The van der Waals surface area contributed by atoms with Crippen molar-refractivity contribution in [2.45, 2.75) is 119 Å². The molecule has 0 saturated heterocycles. The Bertz CT molecular complexity index is 892. The summed E-state index contributed by atoms with van der Waals surface area (Å²) in [6, 6.07) is 0. The molecule has 0 bridgehead atoms. The quantitative estimate of drug-likeness (QED) is 0.421. The average molecular weight is 505 g/mol. The lowest BCUT2D eigenvalue weighted by molar-refractivity contribution is -0.173. The van der Waals surface area contributed by atoms with Crippen molar-refractivity contribution >= 4 is 23.5 Å². The van der Waals surface area contributed by atoms with Crippen LogP contribution in [0.5, 0.6) is 0 Å². The Morgan fingerprint density at radius 3 is 2.22 bits per heavy atom. The third kappa shape index (κ3) is 4.78. The van der Waals surface area contributed by atoms with E-state index in [4.69, 9.17) is 9.47 Å². The van der Waals surface area contributed by atoms with Crippen molar-refractivity contribution in [3.63, 3.8) is 0 Å². The number of carbonyl (C=O) groups is 4. The van der Waals surface area contributed by atoms with E-state index in [1.54, 1.807) is 0 Å². The number of methoxy groups -OCH3 is 1. The molecule has 36 heavy (non-hydrogen) atoms. The molecule has 0 spiro atoms. The molecule has 6 nitrogen and oxygen atoms in total. The Labute approximate surface area is 217 Å². The molecule has 0 aromatic rings. The van der Waals surface area contributed by atoms with Gasteiger partial charge in [-0.2, -0.15) is 0 Å². The number of fused-ring (bicyclic) bond motifs is 2. The molecule has 0 aromatic carbocycles. The molecule has 0 aromatic heterocycles. The summed E-state index contributed by atoms with van der Waals surface area (Å²) in [5, 5.41) is 0. The molecule has 0 aliphatic heterocycles. The first kappa shape index (κ1) is 28.8.